The van der Waals surface area contributed by atoms with Crippen LogP contribution in [0.3, 0.4) is 0 Å². The monoisotopic (exact) mass is 295 g/mol. The molecule has 0 aliphatic carbocycles. The summed E-state index contributed by atoms with van der Waals surface area (Å²) in [5, 5.41) is 1.22. The van der Waals surface area contributed by atoms with Crippen molar-refractivity contribution >= 4 is 46.6 Å². The van der Waals surface area contributed by atoms with Crippen LogP contribution in [0.4, 0.5) is 0 Å². The second-order valence-corrected chi connectivity index (χ2v) is 5.03. The fraction of sp³-hybridized carbons (Fsp3) is 0. The molecule has 18 heavy (non-hydrogen) atoms. The van der Waals surface area contributed by atoms with E-state index >= 15 is 0 Å². The van der Waals surface area contributed by atoms with Gasteiger partial charge in [-0.3, -0.25) is 4.57 Å². The fourth-order valence-corrected chi connectivity index (χ4v) is 2.47. The van der Waals surface area contributed by atoms with Crippen molar-refractivity contribution < 1.29 is 0 Å². The maximum Gasteiger partial charge on any atom is 0.183 e. The number of nitrogens with one attached hydrogen (secondary N) is 1. The molecule has 0 atom stereocenters. The lowest BCUT2D eigenvalue weighted by Crippen LogP contribution is -1.95. The van der Waals surface area contributed by atoms with Gasteiger partial charge >= 0.3 is 0 Å². The SMILES string of the molecule is S=c1[nH]c2cc(Cl)cnc2n1-c1cccc(Cl)c1. The third-order valence-corrected chi connectivity index (χ3v) is 3.28. The Kier molecular flexibility index (Phi) is 2.86. The van der Waals surface area contributed by atoms with Crippen LogP contribution in [0.25, 0.3) is 16.9 Å². The van der Waals surface area contributed by atoms with Gasteiger partial charge in [0, 0.05) is 11.2 Å². The number of halogens is 2. The summed E-state index contributed by atoms with van der Waals surface area (Å²) in [6, 6.07) is 9.23. The maximum absolute atomic E-state index is 5.99. The van der Waals surface area contributed by atoms with Gasteiger partial charge in [-0.25, -0.2) is 4.98 Å². The van der Waals surface area contributed by atoms with E-state index in [0.29, 0.717) is 14.8 Å². The van der Waals surface area contributed by atoms with Gasteiger partial charge in [0.2, 0.25) is 0 Å². The Morgan fingerprint density at radius 2 is 2.00 bits per heavy atom. The Hall–Kier alpha value is -1.36. The molecular formula is C12H7Cl2N3S. The van der Waals surface area contributed by atoms with Gasteiger partial charge in [0.15, 0.2) is 10.4 Å². The van der Waals surface area contributed by atoms with Crippen molar-refractivity contribution in [2.75, 3.05) is 0 Å². The highest BCUT2D eigenvalue weighted by Crippen LogP contribution is 2.22. The van der Waals surface area contributed by atoms with E-state index in [1.54, 1.807) is 12.3 Å². The molecule has 0 spiro atoms. The molecule has 0 aliphatic rings. The van der Waals surface area contributed by atoms with E-state index in [2.05, 4.69) is 9.97 Å². The Bertz CT molecular complexity index is 791. The number of H-pyrrole nitrogens is 1. The fourth-order valence-electron chi connectivity index (χ4n) is 1.82. The van der Waals surface area contributed by atoms with Gasteiger partial charge in [0.25, 0.3) is 0 Å². The van der Waals surface area contributed by atoms with Gasteiger partial charge in [-0.2, -0.15) is 0 Å². The van der Waals surface area contributed by atoms with E-state index in [-0.39, 0.29) is 0 Å². The summed E-state index contributed by atoms with van der Waals surface area (Å²) >= 11 is 17.2. The number of nitrogens with zero attached hydrogens (tertiary/aromatic N) is 2. The van der Waals surface area contributed by atoms with Gasteiger partial charge in [0.1, 0.15) is 0 Å². The number of benzene rings is 1. The minimum atomic E-state index is 0.557. The smallest absolute Gasteiger partial charge is 0.183 e. The molecule has 1 aromatic carbocycles. The molecule has 1 N–H and O–H groups in total. The Balaban J connectivity index is 2.35. The van der Waals surface area contributed by atoms with Crippen molar-refractivity contribution in [3.8, 4) is 5.69 Å². The number of rotatable bonds is 1. The summed E-state index contributed by atoms with van der Waals surface area (Å²) in [5.74, 6) is 0. The first-order chi connectivity index (χ1) is 8.65. The van der Waals surface area contributed by atoms with E-state index in [0.717, 1.165) is 16.9 Å². The standard InChI is InChI=1S/C12H7Cl2N3S/c13-7-2-1-3-9(4-7)17-11-10(16-12(17)18)5-8(14)6-15-11/h1-6H,(H,16,18). The molecule has 0 aliphatic heterocycles. The van der Waals surface area contributed by atoms with Crippen LogP contribution in [0.5, 0.6) is 0 Å². The molecule has 2 aromatic heterocycles. The summed E-state index contributed by atoms with van der Waals surface area (Å²) in [5.41, 5.74) is 2.40. The van der Waals surface area contributed by atoms with E-state index in [4.69, 9.17) is 35.4 Å². The predicted octanol–water partition coefficient (Wildman–Crippen LogP) is 4.39. The first kappa shape index (κ1) is 11.7. The first-order valence-corrected chi connectivity index (χ1v) is 6.34. The summed E-state index contributed by atoms with van der Waals surface area (Å²) < 4.78 is 2.38. The van der Waals surface area contributed by atoms with E-state index in [1.807, 2.05) is 28.8 Å². The topological polar surface area (TPSA) is 33.6 Å². The zero-order valence-corrected chi connectivity index (χ0v) is 11.4. The van der Waals surface area contributed by atoms with Gasteiger partial charge in [-0.05, 0) is 36.5 Å². The molecule has 90 valence electrons. The summed E-state index contributed by atoms with van der Waals surface area (Å²) in [7, 11) is 0. The number of aromatic nitrogens is 3. The average Bonchev–Trinajstić information content (AvgIpc) is 2.64. The largest absolute Gasteiger partial charge is 0.329 e. The Morgan fingerprint density at radius 1 is 1.17 bits per heavy atom. The van der Waals surface area contributed by atoms with Crippen LogP contribution in [0.1, 0.15) is 0 Å². The second-order valence-electron chi connectivity index (χ2n) is 3.77. The molecule has 0 amide bonds. The van der Waals surface area contributed by atoms with Gasteiger partial charge in [-0.1, -0.05) is 29.3 Å². The van der Waals surface area contributed by atoms with Crippen molar-refractivity contribution in [1.82, 2.24) is 14.5 Å². The highest BCUT2D eigenvalue weighted by atomic mass is 35.5. The second kappa shape index (κ2) is 4.39. The highest BCUT2D eigenvalue weighted by Gasteiger charge is 2.08. The predicted molar refractivity (Wildman–Crippen MR) is 76.3 cm³/mol. The first-order valence-electron chi connectivity index (χ1n) is 5.17. The van der Waals surface area contributed by atoms with Crippen molar-refractivity contribution in [3.05, 3.63) is 51.3 Å². The highest BCUT2D eigenvalue weighted by molar-refractivity contribution is 7.71. The van der Waals surface area contributed by atoms with Crippen LogP contribution in [-0.4, -0.2) is 14.5 Å². The quantitative estimate of drug-likeness (QED) is 0.676. The van der Waals surface area contributed by atoms with Gasteiger partial charge in [0.05, 0.1) is 16.2 Å². The lowest BCUT2D eigenvalue weighted by atomic mass is 10.3. The molecular weight excluding hydrogens is 289 g/mol. The van der Waals surface area contributed by atoms with Crippen LogP contribution in [0.15, 0.2) is 36.5 Å². The van der Waals surface area contributed by atoms with Crippen molar-refractivity contribution in [1.29, 1.82) is 0 Å². The lowest BCUT2D eigenvalue weighted by Gasteiger charge is -2.03. The summed E-state index contributed by atoms with van der Waals surface area (Å²) in [4.78, 5) is 7.37. The van der Waals surface area contributed by atoms with Gasteiger partial charge < -0.3 is 4.98 Å². The van der Waals surface area contributed by atoms with Crippen LogP contribution < -0.4 is 0 Å². The van der Waals surface area contributed by atoms with Crippen molar-refractivity contribution in [3.63, 3.8) is 0 Å². The van der Waals surface area contributed by atoms with Crippen LogP contribution in [-0.2, 0) is 0 Å². The number of hydrogen-bond acceptors (Lipinski definition) is 2. The van der Waals surface area contributed by atoms with Crippen LogP contribution >= 0.6 is 35.4 Å². The molecule has 0 unspecified atom stereocenters. The molecule has 0 bridgehead atoms. The molecule has 0 saturated carbocycles. The molecule has 0 fully saturated rings. The Morgan fingerprint density at radius 3 is 2.78 bits per heavy atom. The maximum atomic E-state index is 5.99. The Labute approximate surface area is 118 Å². The lowest BCUT2D eigenvalue weighted by molar-refractivity contribution is 1.04. The molecule has 0 radical (unpaired) electrons. The van der Waals surface area contributed by atoms with Crippen LogP contribution in [0, 0.1) is 4.77 Å². The van der Waals surface area contributed by atoms with Crippen molar-refractivity contribution in [2.45, 2.75) is 0 Å². The van der Waals surface area contributed by atoms with Crippen LogP contribution in [0.2, 0.25) is 10.0 Å². The van der Waals surface area contributed by atoms with Crippen molar-refractivity contribution in [2.24, 2.45) is 0 Å². The number of aromatic amines is 1. The van der Waals surface area contributed by atoms with E-state index in [9.17, 15) is 0 Å². The van der Waals surface area contributed by atoms with E-state index < -0.39 is 0 Å². The summed E-state index contributed by atoms with van der Waals surface area (Å²) in [6.07, 6.45) is 1.59. The minimum Gasteiger partial charge on any atom is -0.329 e. The number of pyridine rings is 1. The molecule has 0 saturated heterocycles. The number of fused-ring (bicyclic) bond motifs is 1. The summed E-state index contributed by atoms with van der Waals surface area (Å²) in [6.45, 7) is 0. The molecule has 3 aromatic rings. The zero-order chi connectivity index (χ0) is 12.7. The number of hydrogen-bond donors (Lipinski definition) is 1. The minimum absolute atomic E-state index is 0.557. The number of imidazole rings is 1. The normalized spacial score (nSPS) is 11.0. The molecule has 3 rings (SSSR count). The zero-order valence-electron chi connectivity index (χ0n) is 9.02. The molecule has 6 heteroatoms. The third-order valence-electron chi connectivity index (χ3n) is 2.56. The average molecular weight is 296 g/mol. The third kappa shape index (κ3) is 1.92. The molecule has 3 nitrogen and oxygen atoms in total. The van der Waals surface area contributed by atoms with Gasteiger partial charge in [-0.15, -0.1) is 0 Å². The van der Waals surface area contributed by atoms with E-state index in [1.165, 1.54) is 0 Å². The molecule has 2 heterocycles.